The zero-order valence-corrected chi connectivity index (χ0v) is 31.0. The Morgan fingerprint density at radius 2 is 1.84 bits per heavy atom. The highest BCUT2D eigenvalue weighted by atomic mass is 16.5. The fourth-order valence-corrected chi connectivity index (χ4v) is 12.7. The molecule has 3 saturated carbocycles. The molecule has 0 amide bonds. The van der Waals surface area contributed by atoms with Crippen molar-refractivity contribution >= 4 is 5.78 Å². The standard InChI is InChI=1S/C40H68N2O8/c1-4-5-6-7-8-26-23-50-35(24(26)2)36(47)37(3,48)33-13-16-40(49)28-19-30(44)29-20-31(45)32(46)21-38(29,14-11-25-9-10-34(41)42-22-25)27(28)12-15-39(33,40)17-18-43/h19,24-27,29,31-36,42-43,45-49H,4-18,20-23,41H2,1-3H3/p+1. The van der Waals surface area contributed by atoms with Gasteiger partial charge >= 0.3 is 0 Å². The van der Waals surface area contributed by atoms with Crippen molar-refractivity contribution in [3.8, 4) is 0 Å². The van der Waals surface area contributed by atoms with Crippen molar-refractivity contribution in [2.75, 3.05) is 19.8 Å². The van der Waals surface area contributed by atoms with Gasteiger partial charge in [0.05, 0.1) is 42.7 Å². The van der Waals surface area contributed by atoms with Gasteiger partial charge in [0.15, 0.2) is 5.78 Å². The minimum atomic E-state index is -1.61. The monoisotopic (exact) mass is 706 g/mol. The lowest BCUT2D eigenvalue weighted by Crippen LogP contribution is -2.95. The molecule has 10 heteroatoms. The van der Waals surface area contributed by atoms with Crippen molar-refractivity contribution in [2.45, 2.75) is 165 Å². The fraction of sp³-hybridized carbons (Fsp3) is 0.925. The first-order valence-corrected chi connectivity index (χ1v) is 20.3. The van der Waals surface area contributed by atoms with Gasteiger partial charge < -0.3 is 40.7 Å². The van der Waals surface area contributed by atoms with Crippen LogP contribution in [0.1, 0.15) is 124 Å². The van der Waals surface area contributed by atoms with E-state index < -0.39 is 58.3 Å². The Morgan fingerprint density at radius 1 is 1.06 bits per heavy atom. The number of aliphatic hydroxyl groups excluding tert-OH is 4. The maximum Gasteiger partial charge on any atom is 0.159 e. The number of piperidine rings is 1. The number of unbranched alkanes of at least 4 members (excludes halogenated alkanes) is 3. The van der Waals surface area contributed by atoms with Crippen LogP contribution in [0.3, 0.4) is 0 Å². The van der Waals surface area contributed by atoms with Crippen LogP contribution in [0.15, 0.2) is 11.6 Å². The van der Waals surface area contributed by atoms with E-state index in [1.807, 2.05) is 0 Å². The Labute approximate surface area is 299 Å². The Kier molecular flexibility index (Phi) is 11.7. The first-order valence-electron chi connectivity index (χ1n) is 20.3. The van der Waals surface area contributed by atoms with Gasteiger partial charge in [-0.2, -0.15) is 0 Å². The fourth-order valence-electron chi connectivity index (χ4n) is 12.7. The number of nitrogens with two attached hydrogens (primary N) is 2. The summed E-state index contributed by atoms with van der Waals surface area (Å²) >= 11 is 0. The lowest BCUT2D eigenvalue weighted by molar-refractivity contribution is -0.703. The molecule has 2 saturated heterocycles. The number of rotatable bonds is 13. The quantitative estimate of drug-likeness (QED) is 0.133. The summed E-state index contributed by atoms with van der Waals surface area (Å²) in [5, 5.41) is 72.2. The molecule has 0 aromatic heterocycles. The Morgan fingerprint density at radius 3 is 2.54 bits per heavy atom. The van der Waals surface area contributed by atoms with E-state index in [4.69, 9.17) is 10.5 Å². The van der Waals surface area contributed by atoms with Gasteiger partial charge in [0.1, 0.15) is 12.3 Å². The highest BCUT2D eigenvalue weighted by Gasteiger charge is 2.71. The van der Waals surface area contributed by atoms with Gasteiger partial charge in [0.25, 0.3) is 0 Å². The van der Waals surface area contributed by atoms with Crippen LogP contribution in [0.4, 0.5) is 0 Å². The number of quaternary nitrogens is 1. The summed E-state index contributed by atoms with van der Waals surface area (Å²) in [6.07, 6.45) is 10.2. The van der Waals surface area contributed by atoms with E-state index in [1.54, 1.807) is 13.0 Å². The number of hydrogen-bond donors (Lipinski definition) is 8. The van der Waals surface area contributed by atoms with Crippen LogP contribution in [-0.4, -0.2) is 98.0 Å². The lowest BCUT2D eigenvalue weighted by atomic mass is 9.43. The number of ketones is 1. The Hall–Kier alpha value is -0.950. The third kappa shape index (κ3) is 6.48. The molecular formula is C40H69N2O8+. The van der Waals surface area contributed by atoms with Crippen molar-refractivity contribution in [1.82, 2.24) is 0 Å². The topological polar surface area (TPSA) is 190 Å². The number of hydrogen-bond acceptors (Lipinski definition) is 9. The summed E-state index contributed by atoms with van der Waals surface area (Å²) in [6, 6.07) is 0. The van der Waals surface area contributed by atoms with Crippen LogP contribution in [0, 0.1) is 46.3 Å². The van der Waals surface area contributed by atoms with E-state index in [2.05, 4.69) is 19.2 Å². The van der Waals surface area contributed by atoms with E-state index >= 15 is 0 Å². The van der Waals surface area contributed by atoms with Crippen molar-refractivity contribution in [3.05, 3.63) is 11.6 Å². The van der Waals surface area contributed by atoms with Gasteiger partial charge in [-0.05, 0) is 118 Å². The third-order valence-corrected chi connectivity index (χ3v) is 15.6. The first kappa shape index (κ1) is 38.8. The normalized spacial score (nSPS) is 46.4. The molecule has 0 radical (unpaired) electrons. The molecule has 10 nitrogen and oxygen atoms in total. The molecule has 2 heterocycles. The zero-order chi connectivity index (χ0) is 36.1. The van der Waals surface area contributed by atoms with Crippen LogP contribution < -0.4 is 11.1 Å². The van der Waals surface area contributed by atoms with Crippen LogP contribution in [0.5, 0.6) is 0 Å². The second-order valence-electron chi connectivity index (χ2n) is 18.1. The van der Waals surface area contributed by atoms with E-state index in [9.17, 15) is 35.4 Å². The number of carbonyl (C=O) groups excluding carboxylic acids is 1. The molecule has 0 aromatic rings. The molecule has 0 spiro atoms. The second kappa shape index (κ2) is 15.1. The van der Waals surface area contributed by atoms with Crippen molar-refractivity contribution in [3.63, 3.8) is 0 Å². The van der Waals surface area contributed by atoms with Gasteiger partial charge in [-0.1, -0.05) is 39.5 Å². The highest BCUT2D eigenvalue weighted by Crippen LogP contribution is 2.70. The van der Waals surface area contributed by atoms with Gasteiger partial charge in [0.2, 0.25) is 0 Å². The molecule has 6 rings (SSSR count). The molecule has 50 heavy (non-hydrogen) atoms. The molecule has 6 aliphatic rings. The van der Waals surface area contributed by atoms with Crippen LogP contribution in [0.25, 0.3) is 0 Å². The predicted molar refractivity (Wildman–Crippen MR) is 189 cm³/mol. The number of ether oxygens (including phenoxy) is 1. The maximum atomic E-state index is 14.2. The average Bonchev–Trinajstić information content (AvgIpc) is 3.60. The molecule has 10 N–H and O–H groups in total. The van der Waals surface area contributed by atoms with Crippen LogP contribution in [-0.2, 0) is 9.53 Å². The molecule has 286 valence electrons. The summed E-state index contributed by atoms with van der Waals surface area (Å²) in [6.45, 7) is 7.31. The molecule has 15 atom stereocenters. The largest absolute Gasteiger partial charge is 0.396 e. The van der Waals surface area contributed by atoms with Gasteiger partial charge in [-0.15, -0.1) is 0 Å². The predicted octanol–water partition coefficient (Wildman–Crippen LogP) is 2.31. The summed E-state index contributed by atoms with van der Waals surface area (Å²) in [4.78, 5) is 14.2. The molecule has 15 unspecified atom stereocenters. The summed E-state index contributed by atoms with van der Waals surface area (Å²) in [5.74, 6) is -0.393. The molecule has 2 aliphatic heterocycles. The Bertz CT molecular complexity index is 1220. The van der Waals surface area contributed by atoms with Gasteiger partial charge in [-0.3, -0.25) is 10.5 Å². The average molecular weight is 706 g/mol. The highest BCUT2D eigenvalue weighted by molar-refractivity contribution is 5.95. The van der Waals surface area contributed by atoms with Crippen molar-refractivity contribution < 1.29 is 45.5 Å². The van der Waals surface area contributed by atoms with E-state index in [-0.39, 0.29) is 43.2 Å². The SMILES string of the molecule is CCCCCCC1COC(C(O)C(C)(O)C2CCC3(O)C4=CC(=O)C5CC(O)C(O)CC5(CCC5CCC(N)[NH2+]C5)C4CCC23CCO)C1C. The van der Waals surface area contributed by atoms with Gasteiger partial charge in [0, 0.05) is 30.3 Å². The first-order chi connectivity index (χ1) is 23.8. The minimum Gasteiger partial charge on any atom is -0.396 e. The molecule has 4 aliphatic carbocycles. The Balaban J connectivity index is 1.28. The maximum absolute atomic E-state index is 14.2. The van der Waals surface area contributed by atoms with E-state index in [0.717, 1.165) is 45.1 Å². The van der Waals surface area contributed by atoms with Crippen LogP contribution >= 0.6 is 0 Å². The number of aliphatic hydroxyl groups is 6. The van der Waals surface area contributed by atoms with Crippen LogP contribution in [0.2, 0.25) is 0 Å². The van der Waals surface area contributed by atoms with Crippen molar-refractivity contribution in [1.29, 1.82) is 0 Å². The zero-order valence-electron chi connectivity index (χ0n) is 31.0. The lowest BCUT2D eigenvalue weighted by Gasteiger charge is -2.62. The molecular weight excluding hydrogens is 636 g/mol. The summed E-state index contributed by atoms with van der Waals surface area (Å²) in [7, 11) is 0. The van der Waals surface area contributed by atoms with Gasteiger partial charge in [-0.25, -0.2) is 0 Å². The number of fused-ring (bicyclic) bond motifs is 5. The third-order valence-electron chi connectivity index (χ3n) is 15.6. The number of allylic oxidation sites excluding steroid dienone is 1. The smallest absolute Gasteiger partial charge is 0.159 e. The molecule has 0 aromatic carbocycles. The molecule has 0 bridgehead atoms. The van der Waals surface area contributed by atoms with E-state index in [1.165, 1.54) is 19.3 Å². The summed E-state index contributed by atoms with van der Waals surface area (Å²) in [5.41, 5.74) is 2.23. The number of carbonyl (C=O) groups is 1. The summed E-state index contributed by atoms with van der Waals surface area (Å²) < 4.78 is 6.24. The van der Waals surface area contributed by atoms with E-state index in [0.29, 0.717) is 56.1 Å². The van der Waals surface area contributed by atoms with Crippen molar-refractivity contribution in [2.24, 2.45) is 52.1 Å². The molecule has 5 fully saturated rings. The second-order valence-corrected chi connectivity index (χ2v) is 18.1. The minimum absolute atomic E-state index is 0.0731.